The zero-order chi connectivity index (χ0) is 18.8. The number of hydrogen-bond acceptors (Lipinski definition) is 5. The van der Waals surface area contributed by atoms with Crippen molar-refractivity contribution in [3.63, 3.8) is 0 Å². The van der Waals surface area contributed by atoms with Gasteiger partial charge in [-0.15, -0.1) is 0 Å². The number of carbonyl (C=O) groups excluding carboxylic acids is 4. The molecule has 2 heterocycles. The van der Waals surface area contributed by atoms with Crippen molar-refractivity contribution < 1.29 is 23.7 Å². The van der Waals surface area contributed by atoms with Gasteiger partial charge in [0.15, 0.2) is 0 Å². The molecule has 0 aliphatic carbocycles. The van der Waals surface area contributed by atoms with Crippen LogP contribution >= 0.6 is 18.0 Å². The average Bonchev–Trinajstić information content (AvgIpc) is 3.05. The smallest absolute Gasteiger partial charge is 0.274 e. The maximum absolute atomic E-state index is 12.8. The molecular formula is C14H18ClN4O5P. The largest absolute Gasteiger partial charge is 0.304 e. The Balaban J connectivity index is 1.87. The van der Waals surface area contributed by atoms with E-state index in [0.717, 1.165) is 9.80 Å². The molecular weight excluding hydrogens is 371 g/mol. The van der Waals surface area contributed by atoms with E-state index >= 15 is 0 Å². The minimum Gasteiger partial charge on any atom is -0.274 e. The number of nitrogens with zero attached hydrogens (tertiary/aromatic N) is 4. The van der Waals surface area contributed by atoms with Crippen LogP contribution in [0.3, 0.4) is 0 Å². The second-order valence-electron chi connectivity index (χ2n) is 5.56. The summed E-state index contributed by atoms with van der Waals surface area (Å²) in [5, 5.41) is 0. The third-order valence-corrected chi connectivity index (χ3v) is 7.57. The van der Waals surface area contributed by atoms with Crippen molar-refractivity contribution in [3.05, 3.63) is 24.3 Å². The predicted molar refractivity (Wildman–Crippen MR) is 90.4 cm³/mol. The Kier molecular flexibility index (Phi) is 5.95. The van der Waals surface area contributed by atoms with Crippen LogP contribution in [0.1, 0.15) is 0 Å². The number of amides is 4. The fourth-order valence-corrected chi connectivity index (χ4v) is 3.95. The highest BCUT2D eigenvalue weighted by molar-refractivity contribution is 7.85. The normalized spacial score (nSPS) is 18.0. The van der Waals surface area contributed by atoms with Gasteiger partial charge >= 0.3 is 6.80 Å². The van der Waals surface area contributed by atoms with Crippen LogP contribution in [0.15, 0.2) is 24.3 Å². The van der Waals surface area contributed by atoms with Crippen LogP contribution in [-0.2, 0) is 23.7 Å². The molecule has 0 aromatic heterocycles. The summed E-state index contributed by atoms with van der Waals surface area (Å²) < 4.78 is 15.5. The molecule has 9 nitrogen and oxygen atoms in total. The van der Waals surface area contributed by atoms with Crippen LogP contribution in [0.2, 0.25) is 0 Å². The SMILES string of the molecule is CN(CCN1C(=O)C=CC1=O)P(=O)(Cl)N(C)CCN1C(=O)C=CC1=O. The highest BCUT2D eigenvalue weighted by Gasteiger charge is 2.33. The molecule has 136 valence electrons. The number of halogens is 1. The summed E-state index contributed by atoms with van der Waals surface area (Å²) in [5.74, 6) is -1.69. The van der Waals surface area contributed by atoms with Crippen LogP contribution < -0.4 is 0 Å². The van der Waals surface area contributed by atoms with E-state index in [9.17, 15) is 23.7 Å². The summed E-state index contributed by atoms with van der Waals surface area (Å²) in [7, 11) is 3.02. The van der Waals surface area contributed by atoms with Crippen LogP contribution in [-0.4, -0.2) is 83.0 Å². The molecule has 0 saturated carbocycles. The summed E-state index contributed by atoms with van der Waals surface area (Å²) in [6.07, 6.45) is 4.69. The zero-order valence-corrected chi connectivity index (χ0v) is 15.4. The van der Waals surface area contributed by atoms with Gasteiger partial charge in [0.05, 0.1) is 0 Å². The molecule has 2 rings (SSSR count). The summed E-state index contributed by atoms with van der Waals surface area (Å²) >= 11 is 6.15. The molecule has 0 atom stereocenters. The van der Waals surface area contributed by atoms with Gasteiger partial charge in [-0.1, -0.05) is 0 Å². The van der Waals surface area contributed by atoms with Gasteiger partial charge in [-0.2, -0.15) is 0 Å². The highest BCUT2D eigenvalue weighted by Crippen LogP contribution is 2.56. The predicted octanol–water partition coefficient (Wildman–Crippen LogP) is 0.0469. The molecule has 0 spiro atoms. The molecule has 0 N–H and O–H groups in total. The van der Waals surface area contributed by atoms with Crippen molar-refractivity contribution in [2.75, 3.05) is 40.3 Å². The minimum atomic E-state index is -3.47. The highest BCUT2D eigenvalue weighted by atomic mass is 35.7. The maximum atomic E-state index is 12.8. The lowest BCUT2D eigenvalue weighted by Crippen LogP contribution is -2.39. The Morgan fingerprint density at radius 1 is 0.800 bits per heavy atom. The Morgan fingerprint density at radius 3 is 1.36 bits per heavy atom. The number of carbonyl (C=O) groups is 4. The first-order valence-corrected chi connectivity index (χ1v) is 9.96. The minimum absolute atomic E-state index is 0.0543. The molecule has 2 aliphatic rings. The molecule has 0 unspecified atom stereocenters. The molecule has 0 saturated heterocycles. The van der Waals surface area contributed by atoms with Gasteiger partial charge in [0, 0.05) is 50.5 Å². The molecule has 0 aromatic rings. The van der Waals surface area contributed by atoms with Crippen LogP contribution in [0, 0.1) is 0 Å². The molecule has 0 aromatic carbocycles. The maximum Gasteiger partial charge on any atom is 0.304 e. The lowest BCUT2D eigenvalue weighted by molar-refractivity contribution is -0.138. The number of imide groups is 2. The third-order valence-electron chi connectivity index (χ3n) is 3.94. The van der Waals surface area contributed by atoms with Crippen molar-refractivity contribution in [2.45, 2.75) is 0 Å². The van der Waals surface area contributed by atoms with Gasteiger partial charge < -0.3 is 0 Å². The van der Waals surface area contributed by atoms with Crippen LogP contribution in [0.5, 0.6) is 0 Å². The average molecular weight is 389 g/mol. The van der Waals surface area contributed by atoms with E-state index < -0.39 is 30.4 Å². The fraction of sp³-hybridized carbons (Fsp3) is 0.429. The quantitative estimate of drug-likeness (QED) is 0.428. The molecule has 11 heteroatoms. The topological polar surface area (TPSA) is 98.3 Å². The first-order chi connectivity index (χ1) is 11.6. The van der Waals surface area contributed by atoms with E-state index in [1.165, 1.54) is 47.7 Å². The van der Waals surface area contributed by atoms with Gasteiger partial charge in [0.2, 0.25) is 0 Å². The van der Waals surface area contributed by atoms with Gasteiger partial charge in [0.25, 0.3) is 23.6 Å². The summed E-state index contributed by atoms with van der Waals surface area (Å²) in [6, 6.07) is 0. The number of hydrogen-bond donors (Lipinski definition) is 0. The van der Waals surface area contributed by atoms with Crippen LogP contribution in [0.25, 0.3) is 0 Å². The second kappa shape index (κ2) is 7.61. The standard InChI is InChI=1S/C14H18ClN4O5P/c1-16(7-9-18-11(20)3-4-12(18)21)25(15,24)17(2)8-10-19-13(22)5-6-14(19)23/h3-6H,7-10H2,1-2H3. The molecule has 25 heavy (non-hydrogen) atoms. The lowest BCUT2D eigenvalue weighted by Gasteiger charge is -2.31. The van der Waals surface area contributed by atoms with Gasteiger partial charge in [-0.05, 0) is 25.3 Å². The van der Waals surface area contributed by atoms with Gasteiger partial charge in [-0.25, -0.2) is 9.34 Å². The fourth-order valence-electron chi connectivity index (χ4n) is 2.30. The van der Waals surface area contributed by atoms with Crippen molar-refractivity contribution >= 4 is 41.7 Å². The van der Waals surface area contributed by atoms with Crippen molar-refractivity contribution in [2.24, 2.45) is 0 Å². The molecule has 0 radical (unpaired) electrons. The Bertz CT molecular complexity index is 630. The first kappa shape index (κ1) is 19.5. The van der Waals surface area contributed by atoms with Crippen LogP contribution in [0.4, 0.5) is 0 Å². The molecule has 0 fully saturated rings. The van der Waals surface area contributed by atoms with E-state index in [2.05, 4.69) is 0 Å². The first-order valence-electron chi connectivity index (χ1n) is 7.44. The van der Waals surface area contributed by atoms with Gasteiger partial charge in [-0.3, -0.25) is 33.5 Å². The Labute approximate surface area is 149 Å². The van der Waals surface area contributed by atoms with E-state index in [0.29, 0.717) is 0 Å². The summed E-state index contributed by atoms with van der Waals surface area (Å²) in [6.45, 7) is -3.12. The zero-order valence-electron chi connectivity index (χ0n) is 13.8. The lowest BCUT2D eigenvalue weighted by atomic mass is 10.5. The van der Waals surface area contributed by atoms with Gasteiger partial charge in [0.1, 0.15) is 0 Å². The van der Waals surface area contributed by atoms with Crippen molar-refractivity contribution in [1.82, 2.24) is 19.1 Å². The monoisotopic (exact) mass is 388 g/mol. The molecule has 0 bridgehead atoms. The Morgan fingerprint density at radius 2 is 1.08 bits per heavy atom. The molecule has 2 aliphatic heterocycles. The number of likely N-dealkylation sites (N-methyl/N-ethyl adjacent to an activating group) is 2. The Hall–Kier alpha value is -1.80. The van der Waals surface area contributed by atoms with E-state index in [1.54, 1.807) is 0 Å². The van der Waals surface area contributed by atoms with Crippen molar-refractivity contribution in [1.29, 1.82) is 0 Å². The second-order valence-corrected chi connectivity index (χ2v) is 9.19. The van der Waals surface area contributed by atoms with E-state index in [4.69, 9.17) is 11.2 Å². The summed E-state index contributed by atoms with van der Waals surface area (Å²) in [4.78, 5) is 48.1. The van der Waals surface area contributed by atoms with Crippen molar-refractivity contribution in [3.8, 4) is 0 Å². The molecule has 4 amide bonds. The number of rotatable bonds is 8. The van der Waals surface area contributed by atoms with E-state index in [1.807, 2.05) is 0 Å². The summed E-state index contributed by atoms with van der Waals surface area (Å²) in [5.41, 5.74) is 0. The third kappa shape index (κ3) is 4.24. The van der Waals surface area contributed by atoms with E-state index in [-0.39, 0.29) is 26.2 Å².